The van der Waals surface area contributed by atoms with E-state index >= 15 is 0 Å². The minimum Gasteiger partial charge on any atom is -0.497 e. The van der Waals surface area contributed by atoms with E-state index in [4.69, 9.17) is 11.3 Å². The van der Waals surface area contributed by atoms with E-state index in [1.54, 1.807) is 7.11 Å². The molecule has 1 aliphatic heterocycles. The number of nitrogens with one attached hydrogen (secondary N) is 1. The van der Waals surface area contributed by atoms with Crippen LogP contribution in [0.3, 0.4) is 0 Å². The maximum atomic E-state index is 7.70. The number of benzene rings is 2. The molecule has 1 heterocycles. The molecule has 0 bridgehead atoms. The predicted molar refractivity (Wildman–Crippen MR) is 105 cm³/mol. The Morgan fingerprint density at radius 3 is 2.35 bits per heavy atom. The van der Waals surface area contributed by atoms with Crippen molar-refractivity contribution in [2.75, 3.05) is 26.7 Å². The van der Waals surface area contributed by atoms with E-state index in [-0.39, 0.29) is 0 Å². The average molecular weight is 349 g/mol. The van der Waals surface area contributed by atoms with Gasteiger partial charge in [0, 0.05) is 26.2 Å². The Morgan fingerprint density at radius 2 is 1.73 bits per heavy atom. The minimum absolute atomic E-state index is 0.403. The molecule has 0 amide bonds. The topological polar surface area (TPSA) is 28.9 Å². The molecule has 0 atom stereocenters. The molecular formula is C22H27N3O. The van der Waals surface area contributed by atoms with E-state index < -0.39 is 5.66 Å². The molecule has 2 aromatic carbocycles. The number of ether oxygens (including phenoxy) is 1. The molecule has 0 aromatic heterocycles. The van der Waals surface area contributed by atoms with E-state index in [0.29, 0.717) is 0 Å². The van der Waals surface area contributed by atoms with Crippen LogP contribution in [0.4, 0.5) is 0 Å². The molecule has 3 rings (SSSR count). The molecular weight excluding hydrogens is 322 g/mol. The SMILES string of the molecule is [C-]#[N+]C1(NCCc2ccc(OC)cc2)CCN(Cc2ccccc2)CC1. The second kappa shape index (κ2) is 8.84. The van der Waals surface area contributed by atoms with Crippen molar-refractivity contribution in [1.82, 2.24) is 10.2 Å². The fraction of sp³-hybridized carbons (Fsp3) is 0.409. The maximum Gasteiger partial charge on any atom is 0.288 e. The van der Waals surface area contributed by atoms with Crippen molar-refractivity contribution in [1.29, 1.82) is 0 Å². The standard InChI is InChI=1S/C22H27N3O/c1-23-22(24-15-12-19-8-10-21(26-2)11-9-19)13-16-25(17-14-22)18-20-6-4-3-5-7-20/h3-11,24H,12-18H2,2H3. The zero-order valence-electron chi connectivity index (χ0n) is 15.4. The summed E-state index contributed by atoms with van der Waals surface area (Å²) >= 11 is 0. The van der Waals surface area contributed by atoms with Crippen molar-refractivity contribution >= 4 is 0 Å². The molecule has 0 radical (unpaired) electrons. The van der Waals surface area contributed by atoms with Crippen LogP contribution < -0.4 is 10.1 Å². The molecule has 2 aromatic rings. The maximum absolute atomic E-state index is 7.70. The van der Waals surface area contributed by atoms with Gasteiger partial charge in [-0.1, -0.05) is 42.5 Å². The first-order chi connectivity index (χ1) is 12.7. The minimum atomic E-state index is -0.403. The van der Waals surface area contributed by atoms with Gasteiger partial charge in [-0.05, 0) is 29.7 Å². The third kappa shape index (κ3) is 4.85. The van der Waals surface area contributed by atoms with E-state index in [1.807, 2.05) is 12.1 Å². The Kier molecular flexibility index (Phi) is 6.27. The van der Waals surface area contributed by atoms with Crippen molar-refractivity contribution in [2.45, 2.75) is 31.5 Å². The van der Waals surface area contributed by atoms with Crippen molar-refractivity contribution in [2.24, 2.45) is 0 Å². The molecule has 26 heavy (non-hydrogen) atoms. The largest absolute Gasteiger partial charge is 0.497 e. The smallest absolute Gasteiger partial charge is 0.288 e. The molecule has 0 saturated carbocycles. The molecule has 1 saturated heterocycles. The van der Waals surface area contributed by atoms with Crippen LogP contribution >= 0.6 is 0 Å². The Hall–Kier alpha value is -2.35. The normalized spacial score (nSPS) is 16.8. The lowest BCUT2D eigenvalue weighted by atomic mass is 9.96. The molecule has 0 unspecified atom stereocenters. The highest BCUT2D eigenvalue weighted by molar-refractivity contribution is 5.27. The van der Waals surface area contributed by atoms with Gasteiger partial charge in [0.15, 0.2) is 0 Å². The Bertz CT molecular complexity index is 713. The summed E-state index contributed by atoms with van der Waals surface area (Å²) < 4.78 is 5.19. The molecule has 4 nitrogen and oxygen atoms in total. The van der Waals surface area contributed by atoms with E-state index in [1.165, 1.54) is 11.1 Å². The molecule has 1 fully saturated rings. The van der Waals surface area contributed by atoms with Gasteiger partial charge in [-0.2, -0.15) is 0 Å². The first kappa shape index (κ1) is 18.4. The molecule has 0 aliphatic carbocycles. The van der Waals surface area contributed by atoms with E-state index in [9.17, 15) is 0 Å². The van der Waals surface area contributed by atoms with E-state index in [0.717, 1.165) is 51.2 Å². The first-order valence-electron chi connectivity index (χ1n) is 9.26. The average Bonchev–Trinajstić information content (AvgIpc) is 2.71. The summed E-state index contributed by atoms with van der Waals surface area (Å²) in [6, 6.07) is 18.7. The van der Waals surface area contributed by atoms with Gasteiger partial charge in [0.25, 0.3) is 5.66 Å². The highest BCUT2D eigenvalue weighted by Gasteiger charge is 2.39. The molecule has 4 heteroatoms. The van der Waals surface area contributed by atoms with E-state index in [2.05, 4.69) is 57.5 Å². The lowest BCUT2D eigenvalue weighted by Crippen LogP contribution is -2.51. The lowest BCUT2D eigenvalue weighted by molar-refractivity contribution is 0.156. The summed E-state index contributed by atoms with van der Waals surface area (Å²) in [4.78, 5) is 6.42. The fourth-order valence-electron chi connectivity index (χ4n) is 3.48. The Balaban J connectivity index is 1.47. The summed E-state index contributed by atoms with van der Waals surface area (Å²) in [5, 5.41) is 3.53. The van der Waals surface area contributed by atoms with Gasteiger partial charge < -0.3 is 4.74 Å². The van der Waals surface area contributed by atoms with Crippen LogP contribution in [-0.2, 0) is 13.0 Å². The van der Waals surface area contributed by atoms with Crippen LogP contribution in [0.25, 0.3) is 4.85 Å². The third-order valence-electron chi connectivity index (χ3n) is 5.17. The first-order valence-corrected chi connectivity index (χ1v) is 9.26. The summed E-state index contributed by atoms with van der Waals surface area (Å²) in [6.07, 6.45) is 2.69. The zero-order chi connectivity index (χ0) is 18.2. The third-order valence-corrected chi connectivity index (χ3v) is 5.17. The van der Waals surface area contributed by atoms with Crippen LogP contribution in [0.5, 0.6) is 5.75 Å². The number of hydrogen-bond donors (Lipinski definition) is 1. The lowest BCUT2D eigenvalue weighted by Gasteiger charge is -2.34. The highest BCUT2D eigenvalue weighted by atomic mass is 16.5. The van der Waals surface area contributed by atoms with Crippen molar-refractivity contribution < 1.29 is 4.74 Å². The highest BCUT2D eigenvalue weighted by Crippen LogP contribution is 2.25. The number of piperidine rings is 1. The monoisotopic (exact) mass is 349 g/mol. The van der Waals surface area contributed by atoms with Gasteiger partial charge >= 0.3 is 0 Å². The zero-order valence-corrected chi connectivity index (χ0v) is 15.4. The van der Waals surface area contributed by atoms with Gasteiger partial charge in [-0.15, -0.1) is 0 Å². The number of likely N-dealkylation sites (tertiary alicyclic amines) is 1. The summed E-state index contributed by atoms with van der Waals surface area (Å²) in [5.74, 6) is 0.880. The van der Waals surface area contributed by atoms with Crippen LogP contribution in [0.15, 0.2) is 54.6 Å². The van der Waals surface area contributed by atoms with Gasteiger partial charge in [-0.3, -0.25) is 9.74 Å². The number of hydrogen-bond acceptors (Lipinski definition) is 3. The number of methoxy groups -OCH3 is 1. The molecule has 136 valence electrons. The van der Waals surface area contributed by atoms with Crippen LogP contribution in [0.1, 0.15) is 24.0 Å². The van der Waals surface area contributed by atoms with Crippen LogP contribution in [0, 0.1) is 6.57 Å². The number of rotatable bonds is 7. The quantitative estimate of drug-likeness (QED) is 0.772. The van der Waals surface area contributed by atoms with Crippen LogP contribution in [0.2, 0.25) is 0 Å². The summed E-state index contributed by atoms with van der Waals surface area (Å²) in [5.41, 5.74) is 2.20. The second-order valence-corrected chi connectivity index (χ2v) is 6.93. The summed E-state index contributed by atoms with van der Waals surface area (Å²) in [7, 11) is 1.68. The molecule has 1 N–H and O–H groups in total. The summed E-state index contributed by atoms with van der Waals surface area (Å²) in [6.45, 7) is 11.4. The van der Waals surface area contributed by atoms with Crippen molar-refractivity contribution in [3.05, 3.63) is 77.1 Å². The van der Waals surface area contributed by atoms with Gasteiger partial charge in [0.2, 0.25) is 0 Å². The fourth-order valence-corrected chi connectivity index (χ4v) is 3.48. The Labute approximate surface area is 156 Å². The van der Waals surface area contributed by atoms with Gasteiger partial charge in [-0.25, -0.2) is 11.9 Å². The van der Waals surface area contributed by atoms with Gasteiger partial charge in [0.05, 0.1) is 20.0 Å². The Morgan fingerprint density at radius 1 is 1.04 bits per heavy atom. The predicted octanol–water partition coefficient (Wildman–Crippen LogP) is 3.74. The number of nitrogens with zero attached hydrogens (tertiary/aromatic N) is 2. The molecule has 0 spiro atoms. The van der Waals surface area contributed by atoms with Crippen LogP contribution in [-0.4, -0.2) is 37.3 Å². The van der Waals surface area contributed by atoms with Crippen molar-refractivity contribution in [3.63, 3.8) is 0 Å². The van der Waals surface area contributed by atoms with Crippen molar-refractivity contribution in [3.8, 4) is 5.75 Å². The molecule has 1 aliphatic rings. The second-order valence-electron chi connectivity index (χ2n) is 6.93. The van der Waals surface area contributed by atoms with Gasteiger partial charge in [0.1, 0.15) is 5.75 Å².